The van der Waals surface area contributed by atoms with Gasteiger partial charge in [0.25, 0.3) is 5.91 Å². The van der Waals surface area contributed by atoms with Crippen molar-refractivity contribution in [1.29, 1.82) is 0 Å². The van der Waals surface area contributed by atoms with Crippen LogP contribution in [0.3, 0.4) is 0 Å². The lowest BCUT2D eigenvalue weighted by molar-refractivity contribution is -0.124. The van der Waals surface area contributed by atoms with Gasteiger partial charge in [-0.3, -0.25) is 4.79 Å². The first-order valence-electron chi connectivity index (χ1n) is 8.87. The Morgan fingerprint density at radius 1 is 1.11 bits per heavy atom. The van der Waals surface area contributed by atoms with Crippen LogP contribution >= 0.6 is 0 Å². The van der Waals surface area contributed by atoms with Crippen molar-refractivity contribution in [2.75, 3.05) is 11.4 Å². The van der Waals surface area contributed by atoms with Crippen LogP contribution in [-0.4, -0.2) is 34.2 Å². The van der Waals surface area contributed by atoms with Gasteiger partial charge in [0.15, 0.2) is 0 Å². The number of aromatic amines is 1. The highest BCUT2D eigenvalue weighted by Crippen LogP contribution is 2.26. The van der Waals surface area contributed by atoms with Crippen LogP contribution in [0.25, 0.3) is 10.9 Å². The van der Waals surface area contributed by atoms with Gasteiger partial charge in [0.2, 0.25) is 0 Å². The van der Waals surface area contributed by atoms with Gasteiger partial charge in [-0.25, -0.2) is 4.79 Å². The molecular formula is C21H23N3O3. The normalized spacial score (nSPS) is 13.1. The molecule has 2 amide bonds. The van der Waals surface area contributed by atoms with Crippen molar-refractivity contribution in [3.63, 3.8) is 0 Å². The van der Waals surface area contributed by atoms with Gasteiger partial charge in [0.1, 0.15) is 5.54 Å². The fourth-order valence-corrected chi connectivity index (χ4v) is 3.42. The van der Waals surface area contributed by atoms with Crippen molar-refractivity contribution in [1.82, 2.24) is 10.3 Å². The SMILES string of the molecule is CCN(C(=O)C(C)(Cc1c[nH]c2ccccc12)NC(=O)O)c1ccccc1. The maximum atomic E-state index is 13.4. The molecule has 0 bridgehead atoms. The van der Waals surface area contributed by atoms with Gasteiger partial charge >= 0.3 is 6.09 Å². The number of carbonyl (C=O) groups excluding carboxylic acids is 1. The Kier molecular flexibility index (Phi) is 5.16. The first kappa shape index (κ1) is 18.5. The van der Waals surface area contributed by atoms with E-state index in [0.717, 1.165) is 22.2 Å². The van der Waals surface area contributed by atoms with Gasteiger partial charge in [-0.1, -0.05) is 36.4 Å². The van der Waals surface area contributed by atoms with Gasteiger partial charge in [-0.2, -0.15) is 0 Å². The summed E-state index contributed by atoms with van der Waals surface area (Å²) in [7, 11) is 0. The van der Waals surface area contributed by atoms with Crippen molar-refractivity contribution >= 4 is 28.6 Å². The largest absolute Gasteiger partial charge is 0.465 e. The van der Waals surface area contributed by atoms with Gasteiger partial charge in [-0.05, 0) is 37.6 Å². The summed E-state index contributed by atoms with van der Waals surface area (Å²) in [5.41, 5.74) is 1.28. The standard InChI is InChI=1S/C21H23N3O3/c1-3-24(16-9-5-4-6-10-16)19(25)21(2,23-20(26)27)13-15-14-22-18-12-8-7-11-17(15)18/h4-12,14,22-23H,3,13H2,1-2H3,(H,26,27). The lowest BCUT2D eigenvalue weighted by atomic mass is 9.90. The third-order valence-electron chi connectivity index (χ3n) is 4.70. The zero-order valence-corrected chi connectivity index (χ0v) is 15.4. The smallest absolute Gasteiger partial charge is 0.405 e. The molecule has 1 unspecified atom stereocenters. The van der Waals surface area contributed by atoms with Crippen molar-refractivity contribution in [3.8, 4) is 0 Å². The highest BCUT2D eigenvalue weighted by atomic mass is 16.4. The molecule has 0 radical (unpaired) electrons. The molecule has 2 aromatic carbocycles. The number of hydrogen-bond acceptors (Lipinski definition) is 2. The number of nitrogens with zero attached hydrogens (tertiary/aromatic N) is 1. The number of likely N-dealkylation sites (N-methyl/N-ethyl adjacent to an activating group) is 1. The second kappa shape index (κ2) is 7.53. The van der Waals surface area contributed by atoms with Gasteiger partial charge in [0, 0.05) is 35.8 Å². The highest BCUT2D eigenvalue weighted by Gasteiger charge is 2.39. The molecule has 3 N–H and O–H groups in total. The molecule has 140 valence electrons. The van der Waals surface area contributed by atoms with E-state index in [1.807, 2.05) is 67.7 Å². The molecule has 3 aromatic rings. The van der Waals surface area contributed by atoms with Crippen LogP contribution in [0.4, 0.5) is 10.5 Å². The summed E-state index contributed by atoms with van der Waals surface area (Å²) in [6.45, 7) is 3.95. The van der Waals surface area contributed by atoms with Gasteiger partial charge in [-0.15, -0.1) is 0 Å². The maximum Gasteiger partial charge on any atom is 0.405 e. The molecule has 1 aromatic heterocycles. The molecule has 3 rings (SSSR count). The van der Waals surface area contributed by atoms with E-state index >= 15 is 0 Å². The Hall–Kier alpha value is -3.28. The number of amides is 2. The fourth-order valence-electron chi connectivity index (χ4n) is 3.42. The van der Waals surface area contributed by atoms with Crippen molar-refractivity contribution < 1.29 is 14.7 Å². The first-order chi connectivity index (χ1) is 12.9. The summed E-state index contributed by atoms with van der Waals surface area (Å²) >= 11 is 0. The van der Waals surface area contributed by atoms with E-state index in [4.69, 9.17) is 0 Å². The van der Waals surface area contributed by atoms with E-state index in [-0.39, 0.29) is 12.3 Å². The topological polar surface area (TPSA) is 85.4 Å². The molecule has 1 heterocycles. The zero-order valence-electron chi connectivity index (χ0n) is 15.4. The van der Waals surface area contributed by atoms with Crippen LogP contribution in [0, 0.1) is 0 Å². The van der Waals surface area contributed by atoms with Gasteiger partial charge in [0.05, 0.1) is 0 Å². The van der Waals surface area contributed by atoms with Crippen LogP contribution in [0.2, 0.25) is 0 Å². The lowest BCUT2D eigenvalue weighted by Crippen LogP contribution is -2.59. The molecule has 6 heteroatoms. The zero-order chi connectivity index (χ0) is 19.4. The van der Waals surface area contributed by atoms with Gasteiger partial charge < -0.3 is 20.3 Å². The maximum absolute atomic E-state index is 13.4. The van der Waals surface area contributed by atoms with Crippen LogP contribution in [0.1, 0.15) is 19.4 Å². The minimum Gasteiger partial charge on any atom is -0.465 e. The number of fused-ring (bicyclic) bond motifs is 1. The molecule has 0 aliphatic rings. The monoisotopic (exact) mass is 365 g/mol. The molecule has 0 fully saturated rings. The number of hydrogen-bond donors (Lipinski definition) is 3. The lowest BCUT2D eigenvalue weighted by Gasteiger charge is -2.34. The minimum atomic E-state index is -1.30. The summed E-state index contributed by atoms with van der Waals surface area (Å²) in [6, 6.07) is 17.0. The Morgan fingerprint density at radius 3 is 2.44 bits per heavy atom. The number of benzene rings is 2. The molecule has 0 spiro atoms. The van der Waals surface area contributed by atoms with E-state index in [2.05, 4.69) is 10.3 Å². The number of rotatable bonds is 6. The highest BCUT2D eigenvalue weighted by molar-refractivity contribution is 6.02. The van der Waals surface area contributed by atoms with Crippen LogP contribution in [0.5, 0.6) is 0 Å². The molecule has 1 atom stereocenters. The second-order valence-corrected chi connectivity index (χ2v) is 6.68. The summed E-state index contributed by atoms with van der Waals surface area (Å²) < 4.78 is 0. The Bertz CT molecular complexity index is 951. The molecule has 0 aliphatic carbocycles. The van der Waals surface area contributed by atoms with Crippen molar-refractivity contribution in [2.45, 2.75) is 25.8 Å². The molecular weight excluding hydrogens is 342 g/mol. The van der Waals surface area contributed by atoms with Crippen LogP contribution in [0.15, 0.2) is 60.8 Å². The summed E-state index contributed by atoms with van der Waals surface area (Å²) in [5, 5.41) is 12.8. The molecule has 0 aliphatic heterocycles. The summed E-state index contributed by atoms with van der Waals surface area (Å²) in [4.78, 5) is 29.6. The third-order valence-corrected chi connectivity index (χ3v) is 4.70. The van der Waals surface area contributed by atoms with Crippen molar-refractivity contribution in [3.05, 3.63) is 66.4 Å². The third kappa shape index (κ3) is 3.79. The average Bonchev–Trinajstić information content (AvgIpc) is 3.05. The quantitative estimate of drug-likeness (QED) is 0.621. The Labute approximate surface area is 157 Å². The number of nitrogens with one attached hydrogen (secondary N) is 2. The number of carbonyl (C=O) groups is 2. The molecule has 0 saturated carbocycles. The van der Waals surface area contributed by atoms with E-state index in [9.17, 15) is 14.7 Å². The van der Waals surface area contributed by atoms with E-state index in [0.29, 0.717) is 6.54 Å². The predicted octanol–water partition coefficient (Wildman–Crippen LogP) is 3.79. The number of para-hydroxylation sites is 2. The number of H-pyrrole nitrogens is 1. The van der Waals surface area contributed by atoms with E-state index in [1.54, 1.807) is 11.8 Å². The van der Waals surface area contributed by atoms with E-state index in [1.165, 1.54) is 0 Å². The molecule has 0 saturated heterocycles. The minimum absolute atomic E-state index is 0.242. The predicted molar refractivity (Wildman–Crippen MR) is 106 cm³/mol. The summed E-state index contributed by atoms with van der Waals surface area (Å²) in [6.07, 6.45) is 0.846. The molecule has 6 nitrogen and oxygen atoms in total. The molecule has 27 heavy (non-hydrogen) atoms. The number of carboxylic acid groups (broad SMARTS) is 1. The first-order valence-corrected chi connectivity index (χ1v) is 8.87. The fraction of sp³-hybridized carbons (Fsp3) is 0.238. The van der Waals surface area contributed by atoms with Crippen LogP contribution < -0.4 is 10.2 Å². The second-order valence-electron chi connectivity index (χ2n) is 6.68. The summed E-state index contributed by atoms with van der Waals surface area (Å²) in [5.74, 6) is -0.288. The van der Waals surface area contributed by atoms with E-state index < -0.39 is 11.6 Å². The average molecular weight is 365 g/mol. The van der Waals surface area contributed by atoms with Crippen LogP contribution in [-0.2, 0) is 11.2 Å². The number of anilines is 1. The Morgan fingerprint density at radius 2 is 1.78 bits per heavy atom. The Balaban J connectivity index is 1.98. The number of aromatic nitrogens is 1. The van der Waals surface area contributed by atoms with Crippen molar-refractivity contribution in [2.24, 2.45) is 0 Å².